The number of ether oxygens (including phenoxy) is 1. The van der Waals surface area contributed by atoms with Crippen molar-refractivity contribution in [2.75, 3.05) is 31.3 Å². The monoisotopic (exact) mass is 269 g/mol. The second-order valence-electron chi connectivity index (χ2n) is 4.09. The zero-order valence-electron chi connectivity index (χ0n) is 10.1. The van der Waals surface area contributed by atoms with Gasteiger partial charge in [0.05, 0.1) is 16.6 Å². The lowest BCUT2D eigenvalue weighted by molar-refractivity contribution is -0.384. The van der Waals surface area contributed by atoms with E-state index in [4.69, 9.17) is 4.74 Å². The summed E-state index contributed by atoms with van der Waals surface area (Å²) >= 11 is 1.46. The number of nitro groups is 1. The number of nitrogens with one attached hydrogen (secondary N) is 1. The summed E-state index contributed by atoms with van der Waals surface area (Å²) in [5.74, 6) is 0.753. The number of pyridine rings is 1. The highest BCUT2D eigenvalue weighted by Gasteiger charge is 2.19. The summed E-state index contributed by atoms with van der Waals surface area (Å²) in [6.45, 7) is 2.14. The van der Waals surface area contributed by atoms with Crippen molar-refractivity contribution >= 4 is 23.3 Å². The molecule has 0 saturated carbocycles. The van der Waals surface area contributed by atoms with Gasteiger partial charge in [0.1, 0.15) is 0 Å². The summed E-state index contributed by atoms with van der Waals surface area (Å²) in [6.07, 6.45) is 2.88. The topological polar surface area (TPSA) is 77.3 Å². The van der Waals surface area contributed by atoms with Gasteiger partial charge in [-0.3, -0.25) is 10.1 Å². The average molecular weight is 269 g/mol. The van der Waals surface area contributed by atoms with Crippen molar-refractivity contribution in [3.63, 3.8) is 0 Å². The Hall–Kier alpha value is -1.34. The largest absolute Gasteiger partial charge is 0.381 e. The molecule has 1 aromatic rings. The minimum Gasteiger partial charge on any atom is -0.381 e. The maximum Gasteiger partial charge on any atom is 0.311 e. The number of aromatic nitrogens is 1. The highest BCUT2D eigenvalue weighted by Crippen LogP contribution is 2.26. The summed E-state index contributed by atoms with van der Waals surface area (Å²) < 4.78 is 5.27. The molecule has 0 radical (unpaired) electrons. The summed E-state index contributed by atoms with van der Waals surface area (Å²) in [5, 5.41) is 14.7. The Morgan fingerprint density at radius 3 is 3.11 bits per heavy atom. The van der Waals surface area contributed by atoms with Gasteiger partial charge in [-0.2, -0.15) is 0 Å². The number of thioether (sulfide) groups is 1. The van der Waals surface area contributed by atoms with Gasteiger partial charge in [0.25, 0.3) is 0 Å². The van der Waals surface area contributed by atoms with Gasteiger partial charge in [0.2, 0.25) is 5.82 Å². The Morgan fingerprint density at radius 2 is 2.50 bits per heavy atom. The molecule has 1 unspecified atom stereocenters. The van der Waals surface area contributed by atoms with Gasteiger partial charge >= 0.3 is 5.69 Å². The Bertz CT molecular complexity index is 436. The van der Waals surface area contributed by atoms with E-state index in [-0.39, 0.29) is 5.69 Å². The molecule has 1 fully saturated rings. The average Bonchev–Trinajstić information content (AvgIpc) is 2.88. The lowest BCUT2D eigenvalue weighted by Crippen LogP contribution is -2.15. The van der Waals surface area contributed by atoms with Crippen LogP contribution in [0.15, 0.2) is 17.2 Å². The van der Waals surface area contributed by atoms with Crippen LogP contribution in [-0.4, -0.2) is 35.9 Å². The second kappa shape index (κ2) is 6.01. The number of hydrogen-bond donors (Lipinski definition) is 1. The van der Waals surface area contributed by atoms with Crippen molar-refractivity contribution in [3.05, 3.63) is 22.2 Å². The molecule has 7 heteroatoms. The molecule has 1 saturated heterocycles. The van der Waals surface area contributed by atoms with Crippen molar-refractivity contribution < 1.29 is 9.66 Å². The van der Waals surface area contributed by atoms with Gasteiger partial charge in [-0.25, -0.2) is 4.98 Å². The van der Waals surface area contributed by atoms with E-state index in [1.54, 1.807) is 6.07 Å². The number of anilines is 1. The van der Waals surface area contributed by atoms with Crippen LogP contribution in [0.1, 0.15) is 6.42 Å². The Balaban J connectivity index is 2.10. The minimum atomic E-state index is -0.412. The highest BCUT2D eigenvalue weighted by molar-refractivity contribution is 7.98. The number of nitrogens with zero attached hydrogens (tertiary/aromatic N) is 2. The molecule has 0 aliphatic carbocycles. The number of hydrogen-bond acceptors (Lipinski definition) is 6. The molecule has 1 aliphatic rings. The van der Waals surface area contributed by atoms with E-state index in [0.29, 0.717) is 24.9 Å². The normalized spacial score (nSPS) is 18.8. The van der Waals surface area contributed by atoms with Crippen LogP contribution in [0.2, 0.25) is 0 Å². The maximum atomic E-state index is 10.9. The van der Waals surface area contributed by atoms with Crippen LogP contribution in [0.3, 0.4) is 0 Å². The molecule has 2 rings (SSSR count). The quantitative estimate of drug-likeness (QED) is 0.501. The molecule has 1 N–H and O–H groups in total. The van der Waals surface area contributed by atoms with Gasteiger partial charge in [0.15, 0.2) is 0 Å². The van der Waals surface area contributed by atoms with Gasteiger partial charge in [0, 0.05) is 25.1 Å². The Morgan fingerprint density at radius 1 is 1.67 bits per heavy atom. The van der Waals surface area contributed by atoms with Crippen molar-refractivity contribution in [1.82, 2.24) is 4.98 Å². The van der Waals surface area contributed by atoms with Gasteiger partial charge in [-0.1, -0.05) is 0 Å². The van der Waals surface area contributed by atoms with Crippen LogP contribution < -0.4 is 5.32 Å². The van der Waals surface area contributed by atoms with Crippen LogP contribution in [0.5, 0.6) is 0 Å². The first-order chi connectivity index (χ1) is 8.70. The first-order valence-electron chi connectivity index (χ1n) is 5.71. The highest BCUT2D eigenvalue weighted by atomic mass is 32.2. The standard InChI is InChI=1S/C11H15N3O3S/c1-18-10-3-2-9(14(15)16)11(13-10)12-6-8-4-5-17-7-8/h2-3,8H,4-7H2,1H3,(H,12,13). The molecule has 0 aromatic carbocycles. The third-order valence-corrected chi connectivity index (χ3v) is 3.48. The van der Waals surface area contributed by atoms with Crippen LogP contribution in [0.4, 0.5) is 11.5 Å². The summed E-state index contributed by atoms with van der Waals surface area (Å²) in [5.41, 5.74) is 0.0201. The third-order valence-electron chi connectivity index (χ3n) is 2.84. The fourth-order valence-electron chi connectivity index (χ4n) is 1.81. The zero-order valence-corrected chi connectivity index (χ0v) is 10.9. The second-order valence-corrected chi connectivity index (χ2v) is 4.92. The smallest absolute Gasteiger partial charge is 0.311 e. The zero-order chi connectivity index (χ0) is 13.0. The molecule has 98 valence electrons. The fraction of sp³-hybridized carbons (Fsp3) is 0.545. The van der Waals surface area contributed by atoms with E-state index in [0.717, 1.165) is 18.1 Å². The molecular weight excluding hydrogens is 254 g/mol. The third kappa shape index (κ3) is 3.11. The van der Waals surface area contributed by atoms with Crippen LogP contribution in [-0.2, 0) is 4.74 Å². The fourth-order valence-corrected chi connectivity index (χ4v) is 2.20. The van der Waals surface area contributed by atoms with Crippen LogP contribution >= 0.6 is 11.8 Å². The van der Waals surface area contributed by atoms with Crippen molar-refractivity contribution in [3.8, 4) is 0 Å². The Kier molecular flexibility index (Phi) is 4.38. The van der Waals surface area contributed by atoms with Crippen LogP contribution in [0, 0.1) is 16.0 Å². The van der Waals surface area contributed by atoms with Crippen molar-refractivity contribution in [1.29, 1.82) is 0 Å². The maximum absolute atomic E-state index is 10.9. The predicted octanol–water partition coefficient (Wildman–Crippen LogP) is 2.16. The van der Waals surface area contributed by atoms with E-state index in [1.807, 2.05) is 6.26 Å². The lowest BCUT2D eigenvalue weighted by Gasteiger charge is -2.10. The molecule has 2 heterocycles. The van der Waals surface area contributed by atoms with E-state index >= 15 is 0 Å². The summed E-state index contributed by atoms with van der Waals surface area (Å²) in [7, 11) is 0. The molecule has 0 bridgehead atoms. The predicted molar refractivity (Wildman–Crippen MR) is 70.1 cm³/mol. The molecule has 0 spiro atoms. The van der Waals surface area contributed by atoms with E-state index in [2.05, 4.69) is 10.3 Å². The number of rotatable bonds is 5. The molecule has 1 aromatic heterocycles. The van der Waals surface area contributed by atoms with Gasteiger partial charge in [-0.05, 0) is 18.7 Å². The molecule has 1 aliphatic heterocycles. The van der Waals surface area contributed by atoms with Crippen molar-refractivity contribution in [2.45, 2.75) is 11.4 Å². The molecule has 0 amide bonds. The van der Waals surface area contributed by atoms with Crippen molar-refractivity contribution in [2.24, 2.45) is 5.92 Å². The lowest BCUT2D eigenvalue weighted by atomic mass is 10.1. The minimum absolute atomic E-state index is 0.0201. The van der Waals surface area contributed by atoms with E-state index in [1.165, 1.54) is 17.8 Å². The van der Waals surface area contributed by atoms with Gasteiger partial charge < -0.3 is 10.1 Å². The first-order valence-corrected chi connectivity index (χ1v) is 6.94. The van der Waals surface area contributed by atoms with E-state index < -0.39 is 4.92 Å². The summed E-state index contributed by atoms with van der Waals surface area (Å²) in [6, 6.07) is 3.15. The first kappa shape index (κ1) is 13.1. The van der Waals surface area contributed by atoms with E-state index in [9.17, 15) is 10.1 Å². The molecule has 1 atom stereocenters. The molecule has 6 nitrogen and oxygen atoms in total. The molecule has 18 heavy (non-hydrogen) atoms. The molecular formula is C11H15N3O3S. The van der Waals surface area contributed by atoms with Gasteiger partial charge in [-0.15, -0.1) is 11.8 Å². The summed E-state index contributed by atoms with van der Waals surface area (Å²) in [4.78, 5) is 14.7. The SMILES string of the molecule is CSc1ccc([N+](=O)[O-])c(NCC2CCOC2)n1. The Labute approximate surface area is 109 Å². The van der Waals surface area contributed by atoms with Crippen LogP contribution in [0.25, 0.3) is 0 Å².